The Hall–Kier alpha value is -1.95. The van der Waals surface area contributed by atoms with Gasteiger partial charge >= 0.3 is 0 Å². The normalized spacial score (nSPS) is 9.77. The van der Waals surface area contributed by atoms with Crippen molar-refractivity contribution in [3.63, 3.8) is 0 Å². The number of allylic oxidation sites excluding steroid dienone is 1. The molecule has 0 N–H and O–H groups in total. The number of hydrogen-bond donors (Lipinski definition) is 0. The monoisotopic (exact) mass is 172 g/mol. The van der Waals surface area contributed by atoms with Crippen molar-refractivity contribution in [1.29, 1.82) is 5.26 Å². The molecule has 0 aliphatic rings. The van der Waals surface area contributed by atoms with Gasteiger partial charge in [-0.15, -0.1) is 0 Å². The van der Waals surface area contributed by atoms with Crippen molar-refractivity contribution >= 4 is 12.4 Å². The van der Waals surface area contributed by atoms with Crippen molar-refractivity contribution in [2.45, 2.75) is 6.42 Å². The maximum atomic E-state index is 10.0. The van der Waals surface area contributed by atoms with Crippen LogP contribution in [-0.2, 0) is 4.79 Å². The fourth-order valence-corrected chi connectivity index (χ4v) is 0.880. The molecule has 0 atom stereocenters. The number of aldehydes is 1. The second kappa shape index (κ2) is 4.83. The number of carbonyl (C=O) groups excluding carboxylic acids is 1. The lowest BCUT2D eigenvalue weighted by Gasteiger charge is -1.93. The molecule has 3 nitrogen and oxygen atoms in total. The number of aromatic nitrogens is 1. The quantitative estimate of drug-likeness (QED) is 0.650. The Kier molecular flexibility index (Phi) is 3.40. The highest BCUT2D eigenvalue weighted by Gasteiger charge is 1.95. The van der Waals surface area contributed by atoms with E-state index in [4.69, 9.17) is 5.26 Å². The van der Waals surface area contributed by atoms with Crippen molar-refractivity contribution in [3.8, 4) is 6.07 Å². The van der Waals surface area contributed by atoms with Crippen LogP contribution in [-0.4, -0.2) is 11.3 Å². The summed E-state index contributed by atoms with van der Waals surface area (Å²) in [5.41, 5.74) is 1.12. The fourth-order valence-electron chi connectivity index (χ4n) is 0.880. The highest BCUT2D eigenvalue weighted by molar-refractivity contribution is 5.59. The lowest BCUT2D eigenvalue weighted by Crippen LogP contribution is -1.85. The predicted molar refractivity (Wildman–Crippen MR) is 48.7 cm³/mol. The highest BCUT2D eigenvalue weighted by atomic mass is 16.1. The molecule has 0 aliphatic heterocycles. The summed E-state index contributed by atoms with van der Waals surface area (Å²) in [6, 6.07) is 5.41. The van der Waals surface area contributed by atoms with Crippen LogP contribution in [0.1, 0.15) is 17.7 Å². The Morgan fingerprint density at radius 3 is 3.15 bits per heavy atom. The standard InChI is InChI=1S/C10H8N2O/c11-8-9-4-3-6-12-10(9)5-1-2-7-13/h1,3-7H,2H2. The van der Waals surface area contributed by atoms with E-state index in [1.54, 1.807) is 30.5 Å². The molecule has 0 amide bonds. The van der Waals surface area contributed by atoms with E-state index in [2.05, 4.69) is 4.98 Å². The molecule has 13 heavy (non-hydrogen) atoms. The van der Waals surface area contributed by atoms with Crippen LogP contribution in [0.25, 0.3) is 6.08 Å². The van der Waals surface area contributed by atoms with Crippen molar-refractivity contribution < 1.29 is 4.79 Å². The van der Waals surface area contributed by atoms with Crippen LogP contribution in [0.4, 0.5) is 0 Å². The van der Waals surface area contributed by atoms with Crippen LogP contribution >= 0.6 is 0 Å². The third kappa shape index (κ3) is 2.53. The fraction of sp³-hybridized carbons (Fsp3) is 0.100. The number of hydrogen-bond acceptors (Lipinski definition) is 3. The molecule has 0 saturated heterocycles. The molecule has 1 heterocycles. The van der Waals surface area contributed by atoms with Crippen LogP contribution < -0.4 is 0 Å². The molecule has 0 aromatic carbocycles. The Labute approximate surface area is 76.3 Å². The average Bonchev–Trinajstić information content (AvgIpc) is 2.19. The minimum Gasteiger partial charge on any atom is -0.303 e. The first kappa shape index (κ1) is 9.14. The maximum absolute atomic E-state index is 10.0. The van der Waals surface area contributed by atoms with Crippen LogP contribution in [0.5, 0.6) is 0 Å². The first-order valence-electron chi connectivity index (χ1n) is 3.83. The van der Waals surface area contributed by atoms with Crippen LogP contribution in [0.2, 0.25) is 0 Å². The van der Waals surface area contributed by atoms with E-state index in [0.717, 1.165) is 6.29 Å². The largest absolute Gasteiger partial charge is 0.303 e. The SMILES string of the molecule is N#Cc1cccnc1C=CCC=O. The van der Waals surface area contributed by atoms with E-state index in [-0.39, 0.29) is 0 Å². The number of carbonyl (C=O) groups is 1. The van der Waals surface area contributed by atoms with Crippen molar-refractivity contribution in [2.75, 3.05) is 0 Å². The number of nitriles is 1. The molecule has 0 aliphatic carbocycles. The molecule has 0 bridgehead atoms. The maximum Gasteiger partial charge on any atom is 0.123 e. The van der Waals surface area contributed by atoms with Crippen LogP contribution in [0, 0.1) is 11.3 Å². The van der Waals surface area contributed by atoms with Crippen molar-refractivity contribution in [2.24, 2.45) is 0 Å². The Morgan fingerprint density at radius 2 is 2.46 bits per heavy atom. The zero-order chi connectivity index (χ0) is 9.52. The summed E-state index contributed by atoms with van der Waals surface area (Å²) >= 11 is 0. The second-order valence-electron chi connectivity index (χ2n) is 2.35. The molecule has 0 fully saturated rings. The molecule has 0 saturated carbocycles. The van der Waals surface area contributed by atoms with Gasteiger partial charge in [0.1, 0.15) is 12.4 Å². The molecule has 1 aromatic heterocycles. The molecule has 1 rings (SSSR count). The first-order valence-corrected chi connectivity index (χ1v) is 3.83. The number of pyridine rings is 1. The third-order valence-electron chi connectivity index (χ3n) is 1.47. The molecule has 3 heteroatoms. The van der Waals surface area contributed by atoms with Gasteiger partial charge < -0.3 is 4.79 Å². The summed E-state index contributed by atoms with van der Waals surface area (Å²) in [7, 11) is 0. The topological polar surface area (TPSA) is 53.8 Å². The first-order chi connectivity index (χ1) is 6.38. The summed E-state index contributed by atoms with van der Waals surface area (Å²) < 4.78 is 0. The minimum atomic E-state index is 0.349. The molecule has 64 valence electrons. The zero-order valence-electron chi connectivity index (χ0n) is 6.97. The summed E-state index contributed by atoms with van der Waals surface area (Å²) in [6.45, 7) is 0. The third-order valence-corrected chi connectivity index (χ3v) is 1.47. The predicted octanol–water partition coefficient (Wildman–Crippen LogP) is 1.56. The number of nitrogens with zero attached hydrogens (tertiary/aromatic N) is 2. The summed E-state index contributed by atoms with van der Waals surface area (Å²) in [5.74, 6) is 0. The Bertz CT molecular complexity index is 363. The Morgan fingerprint density at radius 1 is 1.62 bits per heavy atom. The molecule has 1 aromatic rings. The highest BCUT2D eigenvalue weighted by Crippen LogP contribution is 2.05. The molecular formula is C10H8N2O. The van der Waals surface area contributed by atoms with Crippen molar-refractivity contribution in [3.05, 3.63) is 35.7 Å². The Balaban J connectivity index is 2.88. The van der Waals surface area contributed by atoms with E-state index in [9.17, 15) is 4.79 Å². The summed E-state index contributed by atoms with van der Waals surface area (Å²) in [5, 5.41) is 8.68. The van der Waals surface area contributed by atoms with Gasteiger partial charge in [-0.3, -0.25) is 4.98 Å². The van der Waals surface area contributed by atoms with Gasteiger partial charge in [-0.25, -0.2) is 0 Å². The lowest BCUT2D eigenvalue weighted by molar-refractivity contribution is -0.107. The van der Waals surface area contributed by atoms with Gasteiger partial charge in [0.2, 0.25) is 0 Å². The van der Waals surface area contributed by atoms with Crippen molar-refractivity contribution in [1.82, 2.24) is 4.98 Å². The van der Waals surface area contributed by atoms with Gasteiger partial charge in [-0.2, -0.15) is 5.26 Å². The van der Waals surface area contributed by atoms with Gasteiger partial charge in [0.15, 0.2) is 0 Å². The van der Waals surface area contributed by atoms with E-state index in [1.807, 2.05) is 6.07 Å². The lowest BCUT2D eigenvalue weighted by atomic mass is 10.2. The minimum absolute atomic E-state index is 0.349. The van der Waals surface area contributed by atoms with Gasteiger partial charge in [-0.1, -0.05) is 6.08 Å². The summed E-state index contributed by atoms with van der Waals surface area (Å²) in [6.07, 6.45) is 6.11. The van der Waals surface area contributed by atoms with Gasteiger partial charge in [0.25, 0.3) is 0 Å². The van der Waals surface area contributed by atoms with E-state index < -0.39 is 0 Å². The zero-order valence-corrected chi connectivity index (χ0v) is 6.97. The molecule has 0 spiro atoms. The van der Waals surface area contributed by atoms with Gasteiger partial charge in [-0.05, 0) is 18.2 Å². The van der Waals surface area contributed by atoms with Gasteiger partial charge in [0.05, 0.1) is 11.3 Å². The van der Waals surface area contributed by atoms with Crippen LogP contribution in [0.3, 0.4) is 0 Å². The number of rotatable bonds is 3. The van der Waals surface area contributed by atoms with E-state index in [0.29, 0.717) is 17.7 Å². The van der Waals surface area contributed by atoms with Crippen LogP contribution in [0.15, 0.2) is 24.4 Å². The van der Waals surface area contributed by atoms with E-state index >= 15 is 0 Å². The smallest absolute Gasteiger partial charge is 0.123 e. The van der Waals surface area contributed by atoms with E-state index in [1.165, 1.54) is 0 Å². The molecule has 0 radical (unpaired) electrons. The second-order valence-corrected chi connectivity index (χ2v) is 2.35. The molecule has 0 unspecified atom stereocenters. The van der Waals surface area contributed by atoms with Gasteiger partial charge in [0, 0.05) is 12.6 Å². The summed E-state index contributed by atoms with van der Waals surface area (Å²) in [4.78, 5) is 14.0. The molecular weight excluding hydrogens is 164 g/mol. The average molecular weight is 172 g/mol.